The smallest absolute Gasteiger partial charge is 0.321 e. The number of likely N-dealkylation sites (N-methyl/N-ethyl adjacent to an activating group) is 1. The molecule has 1 aromatic heterocycles. The summed E-state index contributed by atoms with van der Waals surface area (Å²) < 4.78 is 21.9. The van der Waals surface area contributed by atoms with E-state index >= 15 is 0 Å². The number of nitrogens with zero attached hydrogens (tertiary/aromatic N) is 5. The van der Waals surface area contributed by atoms with Crippen LogP contribution < -0.4 is 5.32 Å². The lowest BCUT2D eigenvalue weighted by atomic mass is 10.0. The zero-order chi connectivity index (χ0) is 24.7. The topological polar surface area (TPSA) is 113 Å². The molecule has 2 heterocycles. The van der Waals surface area contributed by atoms with Gasteiger partial charge in [-0.05, 0) is 25.5 Å². The van der Waals surface area contributed by atoms with E-state index in [1.54, 1.807) is 41.9 Å². The third-order valence-corrected chi connectivity index (χ3v) is 6.06. The van der Waals surface area contributed by atoms with Gasteiger partial charge in [-0.3, -0.25) is 4.79 Å². The second kappa shape index (κ2) is 11.9. The summed E-state index contributed by atoms with van der Waals surface area (Å²) in [6.07, 6.45) is 2.11. The molecule has 0 bridgehead atoms. The Morgan fingerprint density at radius 1 is 1.41 bits per heavy atom. The highest BCUT2D eigenvalue weighted by molar-refractivity contribution is 5.89. The number of hydrogen-bond acceptors (Lipinski definition) is 6. The lowest BCUT2D eigenvalue weighted by molar-refractivity contribution is -0.136. The van der Waals surface area contributed by atoms with E-state index in [9.17, 15) is 19.1 Å². The minimum Gasteiger partial charge on any atom is -0.394 e. The molecule has 10 nitrogen and oxygen atoms in total. The minimum atomic E-state index is -0.521. The van der Waals surface area contributed by atoms with Crippen molar-refractivity contribution < 1.29 is 23.8 Å². The Bertz CT molecular complexity index is 970. The van der Waals surface area contributed by atoms with Gasteiger partial charge in [0.15, 0.2) is 0 Å². The number of benzene rings is 1. The zero-order valence-electron chi connectivity index (χ0n) is 19.9. The average Bonchev–Trinajstić information content (AvgIpc) is 3.27. The molecular weight excluding hydrogens is 443 g/mol. The van der Waals surface area contributed by atoms with Crippen molar-refractivity contribution in [3.8, 4) is 0 Å². The van der Waals surface area contributed by atoms with Crippen LogP contribution >= 0.6 is 0 Å². The lowest BCUT2D eigenvalue weighted by Gasteiger charge is -2.35. The number of fused-ring (bicyclic) bond motifs is 1. The molecule has 0 aliphatic carbocycles. The summed E-state index contributed by atoms with van der Waals surface area (Å²) in [5.74, 6) is -0.738. The van der Waals surface area contributed by atoms with Crippen molar-refractivity contribution in [2.45, 2.75) is 52.0 Å². The molecule has 0 fully saturated rings. The van der Waals surface area contributed by atoms with E-state index in [0.29, 0.717) is 25.9 Å². The maximum absolute atomic E-state index is 14.0. The van der Waals surface area contributed by atoms with Gasteiger partial charge in [0.05, 0.1) is 42.9 Å². The van der Waals surface area contributed by atoms with Gasteiger partial charge < -0.3 is 25.0 Å². The lowest BCUT2D eigenvalue weighted by Crippen LogP contribution is -2.48. The number of amides is 3. The van der Waals surface area contributed by atoms with Crippen molar-refractivity contribution in [1.82, 2.24) is 24.8 Å². The Labute approximate surface area is 198 Å². The van der Waals surface area contributed by atoms with Gasteiger partial charge in [-0.25, -0.2) is 13.9 Å². The second-order valence-electron chi connectivity index (χ2n) is 8.75. The molecule has 1 aromatic carbocycles. The Kier molecular flexibility index (Phi) is 8.94. The molecule has 0 radical (unpaired) electrons. The van der Waals surface area contributed by atoms with E-state index in [-0.39, 0.29) is 43.3 Å². The highest BCUT2D eigenvalue weighted by Gasteiger charge is 2.29. The highest BCUT2D eigenvalue weighted by atomic mass is 19.1. The standard InChI is InChI=1S/C23H33FN6O4/c1-16-12-29(17(2)14-31)22(32)9-6-10-30-18(11-25-27-30)15-34-21(16)13-28(3)23(33)26-20-8-5-4-7-19(20)24/h4-5,7-8,11,16-17,21,31H,6,9-10,12-15H2,1-3H3,(H,26,33)/t16-,17+,21+/m0/s1. The average molecular weight is 477 g/mol. The summed E-state index contributed by atoms with van der Waals surface area (Å²) in [4.78, 5) is 28.7. The van der Waals surface area contributed by atoms with Crippen LogP contribution in [0.5, 0.6) is 0 Å². The first-order valence-corrected chi connectivity index (χ1v) is 11.5. The minimum absolute atomic E-state index is 0.0555. The third kappa shape index (κ3) is 6.51. The molecule has 3 atom stereocenters. The molecule has 3 rings (SSSR count). The van der Waals surface area contributed by atoms with E-state index in [0.717, 1.165) is 5.69 Å². The number of hydrogen-bond donors (Lipinski definition) is 2. The summed E-state index contributed by atoms with van der Waals surface area (Å²) in [6.45, 7) is 4.94. The van der Waals surface area contributed by atoms with Crippen molar-refractivity contribution in [3.05, 3.63) is 42.0 Å². The monoisotopic (exact) mass is 476 g/mol. The van der Waals surface area contributed by atoms with Gasteiger partial charge in [0, 0.05) is 39.0 Å². The number of aliphatic hydroxyl groups excluding tert-OH is 1. The van der Waals surface area contributed by atoms with E-state index in [1.165, 1.54) is 17.0 Å². The first kappa shape index (κ1) is 25.6. The van der Waals surface area contributed by atoms with Crippen molar-refractivity contribution in [1.29, 1.82) is 0 Å². The van der Waals surface area contributed by atoms with Crippen LogP contribution in [0.2, 0.25) is 0 Å². The van der Waals surface area contributed by atoms with Gasteiger partial charge in [-0.2, -0.15) is 0 Å². The summed E-state index contributed by atoms with van der Waals surface area (Å²) >= 11 is 0. The van der Waals surface area contributed by atoms with Gasteiger partial charge in [-0.1, -0.05) is 24.3 Å². The largest absolute Gasteiger partial charge is 0.394 e. The molecule has 1 aliphatic heterocycles. The predicted octanol–water partition coefficient (Wildman–Crippen LogP) is 2.11. The summed E-state index contributed by atoms with van der Waals surface area (Å²) in [5, 5.41) is 20.3. The number of aliphatic hydroxyl groups is 1. The first-order chi connectivity index (χ1) is 16.3. The van der Waals surface area contributed by atoms with Crippen LogP contribution in [0.25, 0.3) is 0 Å². The normalized spacial score (nSPS) is 20.6. The molecule has 0 saturated carbocycles. The van der Waals surface area contributed by atoms with Crippen LogP contribution in [0.15, 0.2) is 30.5 Å². The second-order valence-corrected chi connectivity index (χ2v) is 8.75. The summed E-state index contributed by atoms with van der Waals surface area (Å²) in [6, 6.07) is 5.14. The number of urea groups is 1. The fourth-order valence-corrected chi connectivity index (χ4v) is 3.87. The van der Waals surface area contributed by atoms with E-state index < -0.39 is 18.0 Å². The number of ether oxygens (including phenoxy) is 1. The number of aryl methyl sites for hydroxylation is 1. The predicted molar refractivity (Wildman–Crippen MR) is 123 cm³/mol. The molecule has 186 valence electrons. The Morgan fingerprint density at radius 3 is 2.91 bits per heavy atom. The number of halogens is 1. The molecule has 1 aliphatic rings. The fourth-order valence-electron chi connectivity index (χ4n) is 3.87. The Hall–Kier alpha value is -3.05. The molecule has 11 heteroatoms. The SMILES string of the molecule is C[C@H](CO)N1C[C@H](C)[C@@H](CN(C)C(=O)Nc2ccccc2F)OCc2cnnn2CCCC1=O. The maximum Gasteiger partial charge on any atom is 0.321 e. The van der Waals surface area contributed by atoms with Gasteiger partial charge in [0.25, 0.3) is 0 Å². The first-order valence-electron chi connectivity index (χ1n) is 11.5. The fraction of sp³-hybridized carbons (Fsp3) is 0.565. The van der Waals surface area contributed by atoms with E-state index in [1.807, 2.05) is 6.92 Å². The quantitative estimate of drug-likeness (QED) is 0.684. The summed E-state index contributed by atoms with van der Waals surface area (Å²) in [5.41, 5.74) is 0.875. The molecular formula is C23H33FN6O4. The van der Waals surface area contributed by atoms with Gasteiger partial charge >= 0.3 is 6.03 Å². The number of carbonyl (C=O) groups is 2. The number of para-hydroxylation sites is 1. The van der Waals surface area contributed by atoms with Crippen LogP contribution in [0.1, 0.15) is 32.4 Å². The highest BCUT2D eigenvalue weighted by Crippen LogP contribution is 2.19. The van der Waals surface area contributed by atoms with E-state index in [4.69, 9.17) is 4.74 Å². The molecule has 0 saturated heterocycles. The van der Waals surface area contributed by atoms with Crippen LogP contribution in [0.4, 0.5) is 14.9 Å². The third-order valence-electron chi connectivity index (χ3n) is 6.06. The number of aromatic nitrogens is 3. The maximum atomic E-state index is 14.0. The summed E-state index contributed by atoms with van der Waals surface area (Å²) in [7, 11) is 1.60. The van der Waals surface area contributed by atoms with E-state index in [2.05, 4.69) is 15.6 Å². The number of anilines is 1. The van der Waals surface area contributed by atoms with Crippen LogP contribution in [-0.2, 0) is 22.7 Å². The molecule has 34 heavy (non-hydrogen) atoms. The Balaban J connectivity index is 1.77. The van der Waals surface area contributed by atoms with Crippen LogP contribution in [0.3, 0.4) is 0 Å². The molecule has 0 spiro atoms. The van der Waals surface area contributed by atoms with Crippen molar-refractivity contribution in [2.24, 2.45) is 5.92 Å². The zero-order valence-corrected chi connectivity index (χ0v) is 19.9. The van der Waals surface area contributed by atoms with Crippen LogP contribution in [0, 0.1) is 11.7 Å². The van der Waals surface area contributed by atoms with Crippen molar-refractivity contribution in [3.63, 3.8) is 0 Å². The number of carbonyl (C=O) groups excluding carboxylic acids is 2. The Morgan fingerprint density at radius 2 is 2.18 bits per heavy atom. The van der Waals surface area contributed by atoms with Crippen molar-refractivity contribution in [2.75, 3.05) is 32.1 Å². The van der Waals surface area contributed by atoms with Crippen LogP contribution in [-0.4, -0.2) is 80.7 Å². The molecule has 0 unspecified atom stereocenters. The van der Waals surface area contributed by atoms with Crippen molar-refractivity contribution >= 4 is 17.6 Å². The molecule has 2 N–H and O–H groups in total. The van der Waals surface area contributed by atoms with Gasteiger partial charge in [0.1, 0.15) is 5.82 Å². The molecule has 2 aromatic rings. The number of rotatable bonds is 5. The molecule has 3 amide bonds. The van der Waals surface area contributed by atoms with Gasteiger partial charge in [0.2, 0.25) is 5.91 Å². The van der Waals surface area contributed by atoms with Gasteiger partial charge in [-0.15, -0.1) is 5.10 Å². The number of nitrogens with one attached hydrogen (secondary N) is 1.